The SMILES string of the molecule is CC(NC(=O)N(CCO)C1CCCC1)C(C)C(=O)O. The van der Waals surface area contributed by atoms with Gasteiger partial charge in [0.25, 0.3) is 0 Å². The lowest BCUT2D eigenvalue weighted by Crippen LogP contribution is -2.51. The third kappa shape index (κ3) is 4.38. The summed E-state index contributed by atoms with van der Waals surface area (Å²) in [5.41, 5.74) is 0. The highest BCUT2D eigenvalue weighted by Crippen LogP contribution is 2.23. The Hall–Kier alpha value is -1.30. The second-order valence-electron chi connectivity index (χ2n) is 5.22. The van der Waals surface area contributed by atoms with E-state index in [1.165, 1.54) is 0 Å². The van der Waals surface area contributed by atoms with Gasteiger partial charge in [0.2, 0.25) is 0 Å². The number of hydrogen-bond acceptors (Lipinski definition) is 3. The number of aliphatic hydroxyl groups is 1. The second-order valence-corrected chi connectivity index (χ2v) is 5.22. The number of rotatable bonds is 6. The maximum atomic E-state index is 12.2. The van der Waals surface area contributed by atoms with Gasteiger partial charge >= 0.3 is 12.0 Å². The Bertz CT molecular complexity index is 316. The summed E-state index contributed by atoms with van der Waals surface area (Å²) in [6, 6.07) is -0.548. The Balaban J connectivity index is 2.58. The molecule has 2 atom stereocenters. The van der Waals surface area contributed by atoms with Crippen molar-refractivity contribution in [3.63, 3.8) is 0 Å². The predicted octanol–water partition coefficient (Wildman–Crippen LogP) is 1.04. The zero-order valence-corrected chi connectivity index (χ0v) is 11.6. The first-order chi connectivity index (χ1) is 8.97. The lowest BCUT2D eigenvalue weighted by atomic mass is 10.0. The predicted molar refractivity (Wildman–Crippen MR) is 70.8 cm³/mol. The van der Waals surface area contributed by atoms with Gasteiger partial charge in [-0.25, -0.2) is 4.79 Å². The topological polar surface area (TPSA) is 89.9 Å². The molecule has 1 aliphatic carbocycles. The fraction of sp³-hybridized carbons (Fsp3) is 0.846. The maximum Gasteiger partial charge on any atom is 0.317 e. The van der Waals surface area contributed by atoms with E-state index < -0.39 is 17.9 Å². The molecule has 0 aromatic rings. The van der Waals surface area contributed by atoms with Gasteiger partial charge in [-0.2, -0.15) is 0 Å². The summed E-state index contributed by atoms with van der Waals surface area (Å²) in [5.74, 6) is -1.56. The third-order valence-electron chi connectivity index (χ3n) is 3.86. The van der Waals surface area contributed by atoms with E-state index in [9.17, 15) is 9.59 Å². The molecule has 0 bridgehead atoms. The monoisotopic (exact) mass is 272 g/mol. The van der Waals surface area contributed by atoms with Crippen LogP contribution in [-0.4, -0.2) is 52.3 Å². The zero-order valence-electron chi connectivity index (χ0n) is 11.6. The number of carbonyl (C=O) groups is 2. The van der Waals surface area contributed by atoms with E-state index in [4.69, 9.17) is 10.2 Å². The van der Waals surface area contributed by atoms with Crippen molar-refractivity contribution in [3.8, 4) is 0 Å². The van der Waals surface area contributed by atoms with Gasteiger partial charge in [0.15, 0.2) is 0 Å². The number of aliphatic carboxylic acids is 1. The largest absolute Gasteiger partial charge is 0.481 e. The quantitative estimate of drug-likeness (QED) is 0.674. The molecule has 3 N–H and O–H groups in total. The van der Waals surface area contributed by atoms with Gasteiger partial charge in [0.05, 0.1) is 12.5 Å². The van der Waals surface area contributed by atoms with E-state index >= 15 is 0 Å². The first-order valence-corrected chi connectivity index (χ1v) is 6.88. The summed E-state index contributed by atoms with van der Waals surface area (Å²) in [5, 5.41) is 20.7. The van der Waals surface area contributed by atoms with E-state index in [0.717, 1.165) is 25.7 Å². The van der Waals surface area contributed by atoms with Crippen LogP contribution in [0, 0.1) is 5.92 Å². The van der Waals surface area contributed by atoms with E-state index in [0.29, 0.717) is 6.54 Å². The molecule has 0 saturated heterocycles. The Morgan fingerprint density at radius 2 is 1.89 bits per heavy atom. The van der Waals surface area contributed by atoms with Gasteiger partial charge in [-0.1, -0.05) is 12.8 Å². The van der Waals surface area contributed by atoms with Gasteiger partial charge in [0.1, 0.15) is 0 Å². The van der Waals surface area contributed by atoms with Gasteiger partial charge < -0.3 is 20.4 Å². The van der Waals surface area contributed by atoms with Crippen molar-refractivity contribution in [3.05, 3.63) is 0 Å². The number of carboxylic acid groups (broad SMARTS) is 1. The van der Waals surface area contributed by atoms with Crippen LogP contribution in [0.4, 0.5) is 4.79 Å². The molecule has 0 aliphatic heterocycles. The molecule has 1 aliphatic rings. The third-order valence-corrected chi connectivity index (χ3v) is 3.86. The smallest absolute Gasteiger partial charge is 0.317 e. The number of aliphatic hydroxyl groups excluding tert-OH is 1. The molecule has 2 amide bonds. The van der Waals surface area contributed by atoms with Crippen molar-refractivity contribution in [1.29, 1.82) is 0 Å². The molecule has 19 heavy (non-hydrogen) atoms. The van der Waals surface area contributed by atoms with Crippen LogP contribution in [0.5, 0.6) is 0 Å². The van der Waals surface area contributed by atoms with Crippen LogP contribution in [0.25, 0.3) is 0 Å². The van der Waals surface area contributed by atoms with E-state index in [2.05, 4.69) is 5.32 Å². The minimum absolute atomic E-state index is 0.0766. The molecule has 1 saturated carbocycles. The van der Waals surface area contributed by atoms with Crippen molar-refractivity contribution in [1.82, 2.24) is 10.2 Å². The van der Waals surface area contributed by atoms with Gasteiger partial charge in [-0.3, -0.25) is 4.79 Å². The second kappa shape index (κ2) is 7.33. The number of amides is 2. The number of hydrogen-bond donors (Lipinski definition) is 3. The summed E-state index contributed by atoms with van der Waals surface area (Å²) in [6.07, 6.45) is 4.11. The fourth-order valence-electron chi connectivity index (χ4n) is 2.39. The Morgan fingerprint density at radius 1 is 1.32 bits per heavy atom. The lowest BCUT2D eigenvalue weighted by molar-refractivity contribution is -0.141. The molecule has 1 fully saturated rings. The van der Waals surface area contributed by atoms with Crippen LogP contribution in [0.15, 0.2) is 0 Å². The summed E-state index contributed by atoms with van der Waals surface area (Å²) in [7, 11) is 0. The first kappa shape index (κ1) is 15.8. The minimum atomic E-state index is -0.928. The molecule has 2 unspecified atom stereocenters. The molecule has 110 valence electrons. The standard InChI is InChI=1S/C13H24N2O4/c1-9(12(17)18)10(2)14-13(19)15(7-8-16)11-5-3-4-6-11/h9-11,16H,3-8H2,1-2H3,(H,14,19)(H,17,18). The van der Waals surface area contributed by atoms with Crippen molar-refractivity contribution in [2.45, 2.75) is 51.6 Å². The molecular formula is C13H24N2O4. The normalized spacial score (nSPS) is 18.9. The lowest BCUT2D eigenvalue weighted by Gasteiger charge is -2.30. The number of carbonyl (C=O) groups excluding carboxylic acids is 1. The highest BCUT2D eigenvalue weighted by molar-refractivity contribution is 5.77. The average Bonchev–Trinajstić information content (AvgIpc) is 2.87. The molecule has 6 heteroatoms. The molecule has 0 aromatic heterocycles. The van der Waals surface area contributed by atoms with Gasteiger partial charge in [0, 0.05) is 18.6 Å². The summed E-state index contributed by atoms with van der Waals surface area (Å²) >= 11 is 0. The van der Waals surface area contributed by atoms with Crippen LogP contribution < -0.4 is 5.32 Å². The number of nitrogens with zero attached hydrogens (tertiary/aromatic N) is 1. The highest BCUT2D eigenvalue weighted by Gasteiger charge is 2.28. The number of nitrogens with one attached hydrogen (secondary N) is 1. The number of urea groups is 1. The molecule has 0 spiro atoms. The van der Waals surface area contributed by atoms with Crippen LogP contribution >= 0.6 is 0 Å². The first-order valence-electron chi connectivity index (χ1n) is 6.88. The highest BCUT2D eigenvalue weighted by atomic mass is 16.4. The van der Waals surface area contributed by atoms with E-state index in [-0.39, 0.29) is 18.7 Å². The number of carboxylic acids is 1. The Kier molecular flexibility index (Phi) is 6.08. The van der Waals surface area contributed by atoms with Crippen LogP contribution in [-0.2, 0) is 4.79 Å². The van der Waals surface area contributed by atoms with Gasteiger partial charge in [-0.15, -0.1) is 0 Å². The molecule has 0 heterocycles. The Morgan fingerprint density at radius 3 is 2.37 bits per heavy atom. The molecule has 0 aromatic carbocycles. The van der Waals surface area contributed by atoms with Crippen LogP contribution in [0.2, 0.25) is 0 Å². The van der Waals surface area contributed by atoms with Crippen LogP contribution in [0.3, 0.4) is 0 Å². The van der Waals surface area contributed by atoms with E-state index in [1.807, 2.05) is 0 Å². The summed E-state index contributed by atoms with van der Waals surface area (Å²) in [6.45, 7) is 3.47. The van der Waals surface area contributed by atoms with Crippen molar-refractivity contribution < 1.29 is 19.8 Å². The summed E-state index contributed by atoms with van der Waals surface area (Å²) in [4.78, 5) is 24.7. The fourth-order valence-corrected chi connectivity index (χ4v) is 2.39. The summed E-state index contributed by atoms with van der Waals surface area (Å²) < 4.78 is 0. The molecule has 0 radical (unpaired) electrons. The average molecular weight is 272 g/mol. The van der Waals surface area contributed by atoms with E-state index in [1.54, 1.807) is 18.7 Å². The van der Waals surface area contributed by atoms with Gasteiger partial charge in [-0.05, 0) is 26.7 Å². The molecule has 1 rings (SSSR count). The maximum absolute atomic E-state index is 12.2. The van der Waals surface area contributed by atoms with Crippen molar-refractivity contribution in [2.75, 3.05) is 13.2 Å². The van der Waals surface area contributed by atoms with Crippen molar-refractivity contribution in [2.24, 2.45) is 5.92 Å². The molecule has 6 nitrogen and oxygen atoms in total. The van der Waals surface area contributed by atoms with Crippen molar-refractivity contribution >= 4 is 12.0 Å². The minimum Gasteiger partial charge on any atom is -0.481 e. The Labute approximate surface area is 113 Å². The molecular weight excluding hydrogens is 248 g/mol. The van der Waals surface area contributed by atoms with Crippen LogP contribution in [0.1, 0.15) is 39.5 Å². The zero-order chi connectivity index (χ0) is 14.4.